The first-order chi connectivity index (χ1) is 20.5. The average Bonchev–Trinajstić information content (AvgIpc) is 2.94. The van der Waals surface area contributed by atoms with Crippen molar-refractivity contribution in [3.63, 3.8) is 0 Å². The Morgan fingerprint density at radius 1 is 0.791 bits per heavy atom. The maximum atomic E-state index is 12.7. The van der Waals surface area contributed by atoms with Gasteiger partial charge >= 0.3 is 0 Å². The third-order valence-electron chi connectivity index (χ3n) is 7.75. The highest BCUT2D eigenvalue weighted by molar-refractivity contribution is 7.45. The molecule has 0 bridgehead atoms. The normalized spacial score (nSPS) is 15.0. The second kappa shape index (κ2) is 27.5. The van der Waals surface area contributed by atoms with E-state index in [4.69, 9.17) is 9.05 Å². The number of carbonyl (C=O) groups is 1. The molecule has 0 saturated carbocycles. The number of likely N-dealkylation sites (N-methyl/N-ethyl adjacent to an activating group) is 1. The molecule has 1 amide bonds. The fraction of sp³-hybridized carbons (Fsp3) is 0.912. The summed E-state index contributed by atoms with van der Waals surface area (Å²) >= 11 is 0. The number of nitrogens with zero attached hydrogens (tertiary/aromatic N) is 1. The Balaban J connectivity index is 4.56. The van der Waals surface area contributed by atoms with Gasteiger partial charge in [0.05, 0.1) is 39.9 Å². The van der Waals surface area contributed by atoms with Crippen LogP contribution in [0.1, 0.15) is 149 Å². The van der Waals surface area contributed by atoms with Crippen molar-refractivity contribution in [3.05, 3.63) is 12.2 Å². The second-order valence-corrected chi connectivity index (χ2v) is 14.6. The molecule has 0 aliphatic carbocycles. The summed E-state index contributed by atoms with van der Waals surface area (Å²) in [5.41, 5.74) is 0. The van der Waals surface area contributed by atoms with Crippen LogP contribution >= 0.6 is 7.82 Å². The first-order valence-electron chi connectivity index (χ1n) is 17.6. The molecule has 0 rings (SSSR count). The van der Waals surface area contributed by atoms with Crippen LogP contribution in [0.25, 0.3) is 0 Å². The minimum Gasteiger partial charge on any atom is -0.756 e. The lowest BCUT2D eigenvalue weighted by Gasteiger charge is -2.29. The molecule has 0 spiro atoms. The third-order valence-corrected chi connectivity index (χ3v) is 8.71. The van der Waals surface area contributed by atoms with Crippen LogP contribution in [0.5, 0.6) is 0 Å². The number of aliphatic hydroxyl groups excluding tert-OH is 1. The Hall–Kier alpha value is -0.760. The van der Waals surface area contributed by atoms with E-state index in [9.17, 15) is 19.4 Å². The molecule has 0 aliphatic rings. The van der Waals surface area contributed by atoms with Crippen molar-refractivity contribution in [1.29, 1.82) is 0 Å². The maximum absolute atomic E-state index is 12.7. The van der Waals surface area contributed by atoms with Crippen LogP contribution in [-0.2, 0) is 18.4 Å². The summed E-state index contributed by atoms with van der Waals surface area (Å²) in [4.78, 5) is 25.0. The predicted octanol–water partition coefficient (Wildman–Crippen LogP) is 7.83. The molecule has 0 aromatic heterocycles. The topological polar surface area (TPSA) is 108 Å². The minimum atomic E-state index is -4.56. The van der Waals surface area contributed by atoms with E-state index in [0.29, 0.717) is 17.4 Å². The van der Waals surface area contributed by atoms with Gasteiger partial charge in [0.1, 0.15) is 13.2 Å². The molecule has 0 aromatic rings. The number of phosphoric ester groups is 1. The number of quaternary nitrogens is 1. The molecule has 0 saturated heterocycles. The minimum absolute atomic E-state index is 0.00115. The van der Waals surface area contributed by atoms with E-state index < -0.39 is 20.0 Å². The second-order valence-electron chi connectivity index (χ2n) is 13.2. The highest BCUT2D eigenvalue weighted by Gasteiger charge is 2.23. The third kappa shape index (κ3) is 29.7. The molecule has 256 valence electrons. The van der Waals surface area contributed by atoms with Crippen molar-refractivity contribution in [2.75, 3.05) is 40.9 Å². The summed E-state index contributed by atoms with van der Waals surface area (Å²) in [6.07, 6.45) is 26.8. The van der Waals surface area contributed by atoms with Gasteiger partial charge in [0.25, 0.3) is 7.82 Å². The van der Waals surface area contributed by atoms with Gasteiger partial charge in [-0.3, -0.25) is 9.36 Å². The molecule has 3 atom stereocenters. The number of hydrogen-bond acceptors (Lipinski definition) is 6. The zero-order valence-corrected chi connectivity index (χ0v) is 29.6. The summed E-state index contributed by atoms with van der Waals surface area (Å²) in [5, 5.41) is 13.6. The van der Waals surface area contributed by atoms with Crippen LogP contribution in [0, 0.1) is 0 Å². The highest BCUT2D eigenvalue weighted by atomic mass is 31.2. The first-order valence-corrected chi connectivity index (χ1v) is 19.0. The summed E-state index contributed by atoms with van der Waals surface area (Å²) in [6, 6.07) is -0.876. The summed E-state index contributed by atoms with van der Waals surface area (Å²) in [5.74, 6) is -0.202. The molecule has 0 radical (unpaired) electrons. The molecule has 0 aromatic carbocycles. The number of nitrogens with one attached hydrogen (secondary N) is 1. The van der Waals surface area contributed by atoms with E-state index >= 15 is 0 Å². The summed E-state index contributed by atoms with van der Waals surface area (Å²) in [6.45, 7) is 4.58. The fourth-order valence-electron chi connectivity index (χ4n) is 4.86. The predicted molar refractivity (Wildman–Crippen MR) is 178 cm³/mol. The highest BCUT2D eigenvalue weighted by Crippen LogP contribution is 2.38. The number of allylic oxidation sites excluding steroid dienone is 1. The Morgan fingerprint density at radius 3 is 1.74 bits per heavy atom. The largest absolute Gasteiger partial charge is 0.756 e. The van der Waals surface area contributed by atoms with Crippen molar-refractivity contribution < 1.29 is 32.9 Å². The zero-order chi connectivity index (χ0) is 32.2. The monoisotopic (exact) mass is 632 g/mol. The van der Waals surface area contributed by atoms with Crippen molar-refractivity contribution in [1.82, 2.24) is 5.32 Å². The zero-order valence-electron chi connectivity index (χ0n) is 28.7. The number of rotatable bonds is 31. The van der Waals surface area contributed by atoms with E-state index in [-0.39, 0.29) is 19.1 Å². The van der Waals surface area contributed by atoms with Gasteiger partial charge in [0, 0.05) is 6.42 Å². The van der Waals surface area contributed by atoms with Crippen LogP contribution in [0.3, 0.4) is 0 Å². The molecular weight excluding hydrogens is 563 g/mol. The summed E-state index contributed by atoms with van der Waals surface area (Å²) < 4.78 is 23.0. The fourth-order valence-corrected chi connectivity index (χ4v) is 5.58. The first kappa shape index (κ1) is 42.2. The standard InChI is InChI=1S/C34H69N2O6P/c1-6-8-10-12-14-16-17-18-20-22-24-26-28-34(38)35-32(31-42-43(39,40)41-30-29-36(3,4)5)33(37)27-25-23-21-19-15-13-11-9-7-2/h25,27,32-33,37H,6-24,26,28-31H2,1-5H3,(H-,35,38,39,40)/b27-25+. The van der Waals surface area contributed by atoms with Gasteiger partial charge in [0.15, 0.2) is 0 Å². The Labute approximate surface area is 265 Å². The molecular formula is C34H69N2O6P. The smallest absolute Gasteiger partial charge is 0.268 e. The van der Waals surface area contributed by atoms with Crippen LogP contribution < -0.4 is 10.2 Å². The van der Waals surface area contributed by atoms with Gasteiger partial charge in [-0.05, 0) is 19.3 Å². The van der Waals surface area contributed by atoms with Gasteiger partial charge < -0.3 is 28.8 Å². The van der Waals surface area contributed by atoms with Crippen molar-refractivity contribution in [2.24, 2.45) is 0 Å². The number of aliphatic hydroxyl groups is 1. The molecule has 2 N–H and O–H groups in total. The number of unbranched alkanes of at least 4 members (excludes halogenated alkanes) is 18. The van der Waals surface area contributed by atoms with Crippen LogP contribution in [-0.4, -0.2) is 68.5 Å². The number of amides is 1. The number of hydrogen-bond donors (Lipinski definition) is 2. The lowest BCUT2D eigenvalue weighted by atomic mass is 10.0. The van der Waals surface area contributed by atoms with Gasteiger partial charge in [0.2, 0.25) is 5.91 Å². The molecule has 8 nitrogen and oxygen atoms in total. The molecule has 3 unspecified atom stereocenters. The van der Waals surface area contributed by atoms with Gasteiger partial charge in [-0.2, -0.15) is 0 Å². The Bertz CT molecular complexity index is 728. The maximum Gasteiger partial charge on any atom is 0.268 e. The van der Waals surface area contributed by atoms with Crippen molar-refractivity contribution in [3.8, 4) is 0 Å². The number of phosphoric acid groups is 1. The molecule has 0 fully saturated rings. The van der Waals surface area contributed by atoms with E-state index in [2.05, 4.69) is 19.2 Å². The van der Waals surface area contributed by atoms with Crippen LogP contribution in [0.15, 0.2) is 12.2 Å². The van der Waals surface area contributed by atoms with Crippen LogP contribution in [0.4, 0.5) is 0 Å². The van der Waals surface area contributed by atoms with Gasteiger partial charge in [-0.1, -0.05) is 135 Å². The molecule has 9 heteroatoms. The molecule has 0 heterocycles. The van der Waals surface area contributed by atoms with E-state index in [1.165, 1.54) is 89.9 Å². The van der Waals surface area contributed by atoms with Crippen LogP contribution in [0.2, 0.25) is 0 Å². The van der Waals surface area contributed by atoms with E-state index in [1.807, 2.05) is 27.2 Å². The Morgan fingerprint density at radius 2 is 1.26 bits per heavy atom. The molecule has 0 aliphatic heterocycles. The average molecular weight is 633 g/mol. The van der Waals surface area contributed by atoms with Crippen molar-refractivity contribution >= 4 is 13.7 Å². The number of carbonyl (C=O) groups excluding carboxylic acids is 1. The Kier molecular flexibility index (Phi) is 27.1. The SMILES string of the molecule is CCCCCCCCC/C=C/C(O)C(COP(=O)([O-])OCC[N+](C)(C)C)NC(=O)CCCCCCCCCCCCCC. The van der Waals surface area contributed by atoms with Gasteiger partial charge in [-0.25, -0.2) is 0 Å². The van der Waals surface area contributed by atoms with Crippen molar-refractivity contribution in [2.45, 2.75) is 161 Å². The summed E-state index contributed by atoms with van der Waals surface area (Å²) in [7, 11) is 1.26. The lowest BCUT2D eigenvalue weighted by molar-refractivity contribution is -0.870. The quantitative estimate of drug-likeness (QED) is 0.0349. The van der Waals surface area contributed by atoms with Gasteiger partial charge in [-0.15, -0.1) is 0 Å². The lowest BCUT2D eigenvalue weighted by Crippen LogP contribution is -2.45. The molecule has 43 heavy (non-hydrogen) atoms. The van der Waals surface area contributed by atoms with E-state index in [0.717, 1.165) is 38.5 Å². The van der Waals surface area contributed by atoms with E-state index in [1.54, 1.807) is 6.08 Å².